The summed E-state index contributed by atoms with van der Waals surface area (Å²) >= 11 is 0. The number of amides is 1. The summed E-state index contributed by atoms with van der Waals surface area (Å²) in [7, 11) is 0. The second kappa shape index (κ2) is 8.43. The van der Waals surface area contributed by atoms with Gasteiger partial charge < -0.3 is 14.8 Å². The molecule has 4 heterocycles. The van der Waals surface area contributed by atoms with Gasteiger partial charge in [-0.2, -0.15) is 0 Å². The molecule has 1 amide bonds. The third-order valence-electron chi connectivity index (χ3n) is 7.26. The van der Waals surface area contributed by atoms with Gasteiger partial charge in [-0.05, 0) is 60.0 Å². The van der Waals surface area contributed by atoms with Crippen molar-refractivity contribution in [3.05, 3.63) is 53.6 Å². The Morgan fingerprint density at radius 3 is 2.56 bits per heavy atom. The van der Waals surface area contributed by atoms with Gasteiger partial charge in [0.05, 0.1) is 12.6 Å². The smallest absolute Gasteiger partial charge is 0.407 e. The number of nitrogens with one attached hydrogen (secondary N) is 1. The van der Waals surface area contributed by atoms with Crippen molar-refractivity contribution in [1.82, 2.24) is 10.2 Å². The van der Waals surface area contributed by atoms with Crippen molar-refractivity contribution >= 4 is 6.09 Å². The average Bonchev–Trinajstić information content (AvgIpc) is 2.79. The van der Waals surface area contributed by atoms with E-state index < -0.39 is 0 Å². The summed E-state index contributed by atoms with van der Waals surface area (Å²) in [4.78, 5) is 15.1. The first-order valence-electron chi connectivity index (χ1n) is 11.9. The van der Waals surface area contributed by atoms with Crippen molar-refractivity contribution in [3.8, 4) is 16.9 Å². The Balaban J connectivity index is 1.30. The number of carbonyl (C=O) groups is 1. The molecule has 32 heavy (non-hydrogen) atoms. The van der Waals surface area contributed by atoms with Gasteiger partial charge in [0, 0.05) is 18.5 Å². The monoisotopic (exact) mass is 434 g/mol. The van der Waals surface area contributed by atoms with E-state index in [1.54, 1.807) is 0 Å². The van der Waals surface area contributed by atoms with E-state index in [2.05, 4.69) is 73.5 Å². The molecule has 6 rings (SSSR count). The van der Waals surface area contributed by atoms with Gasteiger partial charge in [-0.15, -0.1) is 0 Å². The molecule has 5 heteroatoms. The van der Waals surface area contributed by atoms with Crippen LogP contribution in [0.25, 0.3) is 11.1 Å². The van der Waals surface area contributed by atoms with Crippen LogP contribution in [0.2, 0.25) is 0 Å². The van der Waals surface area contributed by atoms with E-state index in [4.69, 9.17) is 9.47 Å². The maximum absolute atomic E-state index is 12.7. The molecule has 0 aromatic heterocycles. The number of rotatable bonds is 3. The molecule has 3 fully saturated rings. The third kappa shape index (κ3) is 4.36. The Hall–Kier alpha value is -2.53. The maximum atomic E-state index is 12.7. The van der Waals surface area contributed by atoms with Crippen molar-refractivity contribution in [2.45, 2.75) is 57.6 Å². The molecule has 3 saturated heterocycles. The number of hydrogen-bond acceptors (Lipinski definition) is 4. The van der Waals surface area contributed by atoms with Crippen LogP contribution in [0.1, 0.15) is 57.2 Å². The molecule has 5 nitrogen and oxygen atoms in total. The van der Waals surface area contributed by atoms with E-state index in [0.29, 0.717) is 12.5 Å². The van der Waals surface area contributed by atoms with E-state index >= 15 is 0 Å². The number of hydrogen-bond donors (Lipinski definition) is 1. The first-order valence-corrected chi connectivity index (χ1v) is 11.9. The molecular weight excluding hydrogens is 400 g/mol. The summed E-state index contributed by atoms with van der Waals surface area (Å²) in [5.41, 5.74) is 4.75. The molecule has 1 unspecified atom stereocenters. The molecule has 2 aromatic rings. The van der Waals surface area contributed by atoms with Crippen molar-refractivity contribution < 1.29 is 14.3 Å². The Kier molecular flexibility index (Phi) is 5.62. The SMILES string of the molecule is CC(C)(C)c1cccc(-c2ccc3c(c2)OCCC3NC(=O)O[C@H]2CN3CCC2CC3)c1. The zero-order chi connectivity index (χ0) is 22.3. The first-order chi connectivity index (χ1) is 15.4. The molecular formula is C27H34N2O3. The van der Waals surface area contributed by atoms with Crippen LogP contribution in [0, 0.1) is 5.92 Å². The summed E-state index contributed by atoms with van der Waals surface area (Å²) in [6.45, 7) is 10.4. The van der Waals surface area contributed by atoms with Crippen LogP contribution < -0.4 is 10.1 Å². The summed E-state index contributed by atoms with van der Waals surface area (Å²) in [5, 5.41) is 3.11. The highest BCUT2D eigenvalue weighted by Crippen LogP contribution is 2.37. The Morgan fingerprint density at radius 2 is 1.84 bits per heavy atom. The molecule has 0 spiro atoms. The largest absolute Gasteiger partial charge is 0.493 e. The van der Waals surface area contributed by atoms with Crippen molar-refractivity contribution in [1.29, 1.82) is 0 Å². The highest BCUT2D eigenvalue weighted by Gasteiger charge is 2.37. The average molecular weight is 435 g/mol. The number of ether oxygens (including phenoxy) is 2. The molecule has 1 N–H and O–H groups in total. The quantitative estimate of drug-likeness (QED) is 0.713. The van der Waals surface area contributed by atoms with Crippen LogP contribution >= 0.6 is 0 Å². The summed E-state index contributed by atoms with van der Waals surface area (Å²) < 4.78 is 11.8. The topological polar surface area (TPSA) is 50.8 Å². The molecule has 4 aliphatic rings. The van der Waals surface area contributed by atoms with E-state index in [1.807, 2.05) is 0 Å². The highest BCUT2D eigenvalue weighted by molar-refractivity contribution is 5.70. The minimum atomic E-state index is -0.302. The third-order valence-corrected chi connectivity index (χ3v) is 7.26. The van der Waals surface area contributed by atoms with Gasteiger partial charge in [0.15, 0.2) is 0 Å². The lowest BCUT2D eigenvalue weighted by Gasteiger charge is -2.44. The molecule has 0 radical (unpaired) electrons. The predicted molar refractivity (Wildman–Crippen MR) is 126 cm³/mol. The van der Waals surface area contributed by atoms with Crippen LogP contribution in [-0.4, -0.2) is 43.3 Å². The van der Waals surface area contributed by atoms with Crippen LogP contribution in [0.3, 0.4) is 0 Å². The lowest BCUT2D eigenvalue weighted by molar-refractivity contribution is -0.0342. The number of carbonyl (C=O) groups excluding carboxylic acids is 1. The summed E-state index contributed by atoms with van der Waals surface area (Å²) in [6.07, 6.45) is 2.74. The van der Waals surface area contributed by atoms with Crippen molar-refractivity contribution in [3.63, 3.8) is 0 Å². The maximum Gasteiger partial charge on any atom is 0.407 e. The van der Waals surface area contributed by atoms with Gasteiger partial charge in [0.2, 0.25) is 0 Å². The zero-order valence-electron chi connectivity index (χ0n) is 19.4. The first kappa shape index (κ1) is 21.3. The number of piperidine rings is 3. The van der Waals surface area contributed by atoms with Gasteiger partial charge in [-0.3, -0.25) is 4.90 Å². The zero-order valence-corrected chi connectivity index (χ0v) is 19.4. The number of nitrogens with zero attached hydrogens (tertiary/aromatic N) is 1. The Morgan fingerprint density at radius 1 is 1.06 bits per heavy atom. The Labute approximate surface area is 191 Å². The minimum Gasteiger partial charge on any atom is -0.493 e. The van der Waals surface area contributed by atoms with E-state index in [0.717, 1.165) is 55.8 Å². The lowest BCUT2D eigenvalue weighted by Crippen LogP contribution is -2.52. The number of fused-ring (bicyclic) bond motifs is 4. The standard InChI is InChI=1S/C27H34N2O3/c1-27(2,3)21-6-4-5-19(15-21)20-7-8-22-23(11-14-31-24(22)16-20)28-26(30)32-25-17-29-12-9-18(25)10-13-29/h4-8,15-16,18,23,25H,9-14,17H2,1-3H3,(H,28,30)/t23?,25-/m0/s1. The molecule has 2 atom stereocenters. The predicted octanol–water partition coefficient (Wildman–Crippen LogP) is 5.30. The molecule has 2 aromatic carbocycles. The second-order valence-electron chi connectivity index (χ2n) is 10.5. The molecule has 4 aliphatic heterocycles. The number of alkyl carbamates (subject to hydrolysis) is 1. The number of benzene rings is 2. The highest BCUT2D eigenvalue weighted by atomic mass is 16.6. The molecule has 170 valence electrons. The van der Waals surface area contributed by atoms with Crippen LogP contribution in [0.4, 0.5) is 4.79 Å². The van der Waals surface area contributed by atoms with Crippen LogP contribution in [0.15, 0.2) is 42.5 Å². The normalized spacial score (nSPS) is 26.7. The second-order valence-corrected chi connectivity index (χ2v) is 10.5. The van der Waals surface area contributed by atoms with Gasteiger partial charge in [0.25, 0.3) is 0 Å². The van der Waals surface area contributed by atoms with Gasteiger partial charge in [0.1, 0.15) is 11.9 Å². The molecule has 2 bridgehead atoms. The fourth-order valence-corrected chi connectivity index (χ4v) is 5.24. The van der Waals surface area contributed by atoms with E-state index in [-0.39, 0.29) is 23.7 Å². The fourth-order valence-electron chi connectivity index (χ4n) is 5.24. The molecule has 0 saturated carbocycles. The van der Waals surface area contributed by atoms with Crippen molar-refractivity contribution in [2.75, 3.05) is 26.2 Å². The van der Waals surface area contributed by atoms with E-state index in [9.17, 15) is 4.79 Å². The van der Waals surface area contributed by atoms with Gasteiger partial charge >= 0.3 is 6.09 Å². The fraction of sp³-hybridized carbons (Fsp3) is 0.519. The van der Waals surface area contributed by atoms with E-state index in [1.165, 1.54) is 11.1 Å². The van der Waals surface area contributed by atoms with Crippen molar-refractivity contribution in [2.24, 2.45) is 5.92 Å². The Bertz CT molecular complexity index is 989. The van der Waals surface area contributed by atoms with Crippen LogP contribution in [-0.2, 0) is 10.2 Å². The summed E-state index contributed by atoms with van der Waals surface area (Å²) in [6, 6.07) is 14.9. The summed E-state index contributed by atoms with van der Waals surface area (Å²) in [5.74, 6) is 1.36. The van der Waals surface area contributed by atoms with Gasteiger partial charge in [-0.25, -0.2) is 4.79 Å². The lowest BCUT2D eigenvalue weighted by atomic mass is 9.85. The van der Waals surface area contributed by atoms with Crippen LogP contribution in [0.5, 0.6) is 5.75 Å². The minimum absolute atomic E-state index is 0.0225. The van der Waals surface area contributed by atoms with Gasteiger partial charge in [-0.1, -0.05) is 57.2 Å². The molecule has 0 aliphatic carbocycles.